The number of benzene rings is 2. The Morgan fingerprint density at radius 2 is 2.14 bits per heavy atom. The van der Waals surface area contributed by atoms with Gasteiger partial charge in [0.05, 0.1) is 40.4 Å². The summed E-state index contributed by atoms with van der Waals surface area (Å²) in [6.45, 7) is 4.78. The summed E-state index contributed by atoms with van der Waals surface area (Å²) < 4.78 is 18.1. The largest absolute Gasteiger partial charge is 0.351 e. The van der Waals surface area contributed by atoms with Crippen LogP contribution in [0.5, 0.6) is 0 Å². The summed E-state index contributed by atoms with van der Waals surface area (Å²) in [6, 6.07) is 6.76. The Kier molecular flexibility index (Phi) is 7.10. The quantitative estimate of drug-likeness (QED) is 0.396. The summed E-state index contributed by atoms with van der Waals surface area (Å²) >= 11 is 9.61. The Bertz CT molecular complexity index is 1040. The lowest BCUT2D eigenvalue weighted by atomic mass is 10.1. The van der Waals surface area contributed by atoms with Crippen LogP contribution in [0.4, 0.5) is 15.8 Å². The Hall–Kier alpha value is -2.16. The molecule has 0 aliphatic carbocycles. The van der Waals surface area contributed by atoms with Crippen molar-refractivity contribution in [3.05, 3.63) is 51.5 Å². The molecule has 0 unspecified atom stereocenters. The van der Waals surface area contributed by atoms with Crippen molar-refractivity contribution in [1.82, 2.24) is 15.0 Å². The number of anilines is 2. The second-order valence-corrected chi connectivity index (χ2v) is 7.71. The number of aromatic nitrogens is 2. The number of nitrogens with zero attached hydrogens (tertiary/aromatic N) is 2. The van der Waals surface area contributed by atoms with Crippen molar-refractivity contribution < 1.29 is 14.0 Å². The van der Waals surface area contributed by atoms with Crippen LogP contribution in [-0.2, 0) is 11.4 Å². The molecule has 3 rings (SSSR count). The standard InChI is InChI=1S/C20H21BrClFN4O2/c1-3-5-8-27-11-24-19-16(27)10-13(20(28)26-29-4-2)18(17(19)23)25-15-7-6-12(21)9-14(15)22/h6-7,9-11,25H,3-5,8H2,1-2H3,(H,26,28). The molecule has 6 nitrogen and oxygen atoms in total. The fourth-order valence-corrected chi connectivity index (χ4v) is 3.60. The first-order valence-electron chi connectivity index (χ1n) is 9.27. The van der Waals surface area contributed by atoms with Gasteiger partial charge in [0.1, 0.15) is 5.52 Å². The van der Waals surface area contributed by atoms with Gasteiger partial charge in [0.25, 0.3) is 5.91 Å². The molecule has 0 aliphatic heterocycles. The molecule has 0 saturated heterocycles. The molecule has 9 heteroatoms. The van der Waals surface area contributed by atoms with E-state index in [-0.39, 0.29) is 23.4 Å². The fraction of sp³-hybridized carbons (Fsp3) is 0.300. The molecule has 29 heavy (non-hydrogen) atoms. The molecule has 0 radical (unpaired) electrons. The first-order chi connectivity index (χ1) is 14.0. The Balaban J connectivity index is 2.12. The summed E-state index contributed by atoms with van der Waals surface area (Å²) in [7, 11) is 0. The molecule has 0 bridgehead atoms. The molecule has 0 aliphatic rings. The van der Waals surface area contributed by atoms with Crippen LogP contribution in [0.3, 0.4) is 0 Å². The molecule has 0 fully saturated rings. The summed E-state index contributed by atoms with van der Waals surface area (Å²) in [4.78, 5) is 21.9. The average molecular weight is 484 g/mol. The number of aryl methyl sites for hydroxylation is 1. The van der Waals surface area contributed by atoms with E-state index in [4.69, 9.17) is 16.4 Å². The van der Waals surface area contributed by atoms with E-state index >= 15 is 4.39 Å². The SMILES string of the molecule is CCCCn1cnc2c(F)c(Nc3ccc(Br)cc3Cl)c(C(=O)NOCC)cc21. The normalized spacial score (nSPS) is 11.1. The van der Waals surface area contributed by atoms with Crippen LogP contribution in [0.2, 0.25) is 5.02 Å². The van der Waals surface area contributed by atoms with Crippen molar-refractivity contribution in [2.45, 2.75) is 33.2 Å². The Morgan fingerprint density at radius 1 is 1.34 bits per heavy atom. The van der Waals surface area contributed by atoms with Crippen molar-refractivity contribution >= 4 is 55.8 Å². The van der Waals surface area contributed by atoms with Gasteiger partial charge in [-0.15, -0.1) is 0 Å². The van der Waals surface area contributed by atoms with E-state index in [1.54, 1.807) is 37.5 Å². The summed E-state index contributed by atoms with van der Waals surface area (Å²) in [6.07, 6.45) is 3.49. The Morgan fingerprint density at radius 3 is 2.83 bits per heavy atom. The minimum Gasteiger partial charge on any atom is -0.351 e. The molecule has 1 heterocycles. The van der Waals surface area contributed by atoms with Crippen molar-refractivity contribution in [3.8, 4) is 0 Å². The summed E-state index contributed by atoms with van der Waals surface area (Å²) in [5.74, 6) is -1.19. The highest BCUT2D eigenvalue weighted by Gasteiger charge is 2.22. The number of nitrogens with one attached hydrogen (secondary N) is 2. The predicted molar refractivity (Wildman–Crippen MR) is 116 cm³/mol. The summed E-state index contributed by atoms with van der Waals surface area (Å²) in [5, 5.41) is 3.32. The Labute approximate surface area is 181 Å². The molecule has 154 valence electrons. The van der Waals surface area contributed by atoms with Gasteiger partial charge in [0.2, 0.25) is 0 Å². The van der Waals surface area contributed by atoms with Crippen LogP contribution in [-0.4, -0.2) is 22.1 Å². The van der Waals surface area contributed by atoms with Gasteiger partial charge in [-0.25, -0.2) is 14.9 Å². The maximum atomic E-state index is 15.4. The minimum atomic E-state index is -0.626. The highest BCUT2D eigenvalue weighted by Crippen LogP contribution is 2.34. The molecule has 0 spiro atoms. The monoisotopic (exact) mass is 482 g/mol. The fourth-order valence-electron chi connectivity index (χ4n) is 2.88. The average Bonchev–Trinajstić information content (AvgIpc) is 3.11. The first kappa shape index (κ1) is 21.5. The molecule has 0 saturated carbocycles. The third-order valence-electron chi connectivity index (χ3n) is 4.35. The van der Waals surface area contributed by atoms with Crippen molar-refractivity contribution in [1.29, 1.82) is 0 Å². The maximum Gasteiger partial charge on any atom is 0.277 e. The number of carbonyl (C=O) groups excluding carboxylic acids is 1. The molecule has 1 amide bonds. The van der Waals surface area contributed by atoms with Crippen LogP contribution < -0.4 is 10.8 Å². The number of hydrogen-bond donors (Lipinski definition) is 2. The number of unbranched alkanes of at least 4 members (excludes halogenated alkanes) is 1. The number of halogens is 3. The molecular weight excluding hydrogens is 463 g/mol. The molecular formula is C20H21BrClFN4O2. The summed E-state index contributed by atoms with van der Waals surface area (Å²) in [5.41, 5.74) is 3.61. The highest BCUT2D eigenvalue weighted by atomic mass is 79.9. The van der Waals surface area contributed by atoms with Gasteiger partial charge >= 0.3 is 0 Å². The molecule has 2 N–H and O–H groups in total. The predicted octanol–water partition coefficient (Wildman–Crippen LogP) is 5.82. The zero-order valence-corrected chi connectivity index (χ0v) is 18.4. The molecule has 1 aromatic heterocycles. The highest BCUT2D eigenvalue weighted by molar-refractivity contribution is 9.10. The van der Waals surface area contributed by atoms with E-state index in [0.29, 0.717) is 22.8 Å². The van der Waals surface area contributed by atoms with Crippen molar-refractivity contribution in [2.24, 2.45) is 0 Å². The van der Waals surface area contributed by atoms with Crippen LogP contribution in [0.25, 0.3) is 11.0 Å². The third-order valence-corrected chi connectivity index (χ3v) is 5.16. The first-order valence-corrected chi connectivity index (χ1v) is 10.4. The molecule has 3 aromatic rings. The van der Waals surface area contributed by atoms with Gasteiger partial charge in [-0.1, -0.05) is 40.9 Å². The number of imidazole rings is 1. The van der Waals surface area contributed by atoms with Gasteiger partial charge in [0, 0.05) is 11.0 Å². The maximum absolute atomic E-state index is 15.4. The second kappa shape index (κ2) is 9.56. The van der Waals surface area contributed by atoms with E-state index < -0.39 is 11.7 Å². The molecule has 2 aromatic carbocycles. The van der Waals surface area contributed by atoms with Crippen molar-refractivity contribution in [2.75, 3.05) is 11.9 Å². The van der Waals surface area contributed by atoms with Gasteiger partial charge in [0.15, 0.2) is 5.82 Å². The molecule has 0 atom stereocenters. The third kappa shape index (κ3) is 4.71. The van der Waals surface area contributed by atoms with Gasteiger partial charge in [-0.3, -0.25) is 9.63 Å². The van der Waals surface area contributed by atoms with Crippen molar-refractivity contribution in [3.63, 3.8) is 0 Å². The van der Waals surface area contributed by atoms with Crippen LogP contribution in [0.15, 0.2) is 35.1 Å². The topological polar surface area (TPSA) is 68.2 Å². The van der Waals surface area contributed by atoms with Crippen LogP contribution in [0, 0.1) is 5.82 Å². The van der Waals surface area contributed by atoms with Crippen LogP contribution in [0.1, 0.15) is 37.0 Å². The lowest BCUT2D eigenvalue weighted by Gasteiger charge is -2.15. The zero-order chi connectivity index (χ0) is 21.0. The number of amides is 1. The van der Waals surface area contributed by atoms with E-state index in [1.807, 2.05) is 4.57 Å². The van der Waals surface area contributed by atoms with E-state index in [2.05, 4.69) is 38.6 Å². The van der Waals surface area contributed by atoms with E-state index in [9.17, 15) is 4.79 Å². The second-order valence-electron chi connectivity index (χ2n) is 6.39. The van der Waals surface area contributed by atoms with E-state index in [0.717, 1.165) is 17.3 Å². The number of rotatable bonds is 8. The number of hydrogen-bond acceptors (Lipinski definition) is 4. The van der Waals surface area contributed by atoms with E-state index in [1.165, 1.54) is 0 Å². The van der Waals surface area contributed by atoms with Gasteiger partial charge in [-0.05, 0) is 37.6 Å². The van der Waals surface area contributed by atoms with Gasteiger partial charge in [-0.2, -0.15) is 0 Å². The number of carbonyl (C=O) groups is 1. The zero-order valence-electron chi connectivity index (χ0n) is 16.1. The number of fused-ring (bicyclic) bond motifs is 1. The number of hydroxylamine groups is 1. The van der Waals surface area contributed by atoms with Crippen LogP contribution >= 0.6 is 27.5 Å². The minimum absolute atomic E-state index is 0.0142. The lowest BCUT2D eigenvalue weighted by molar-refractivity contribution is 0.0365. The smallest absolute Gasteiger partial charge is 0.277 e. The van der Waals surface area contributed by atoms with Gasteiger partial charge < -0.3 is 9.88 Å². The lowest BCUT2D eigenvalue weighted by Crippen LogP contribution is -2.25.